The summed E-state index contributed by atoms with van der Waals surface area (Å²) in [6.07, 6.45) is 0.871. The van der Waals surface area contributed by atoms with Crippen molar-refractivity contribution in [2.24, 2.45) is 10.5 Å². The Bertz CT molecular complexity index is 1280. The lowest BCUT2D eigenvalue weighted by Crippen LogP contribution is -2.47. The van der Waals surface area contributed by atoms with Gasteiger partial charge in [0.1, 0.15) is 12.3 Å². The first-order valence-corrected chi connectivity index (χ1v) is 14.2. The molecular formula is C31H40N4O6. The summed E-state index contributed by atoms with van der Waals surface area (Å²) in [4.78, 5) is 31.4. The van der Waals surface area contributed by atoms with E-state index >= 15 is 0 Å². The molecule has 2 aromatic carbocycles. The zero-order valence-electron chi connectivity index (χ0n) is 24.4. The van der Waals surface area contributed by atoms with E-state index in [4.69, 9.17) is 24.0 Å². The highest BCUT2D eigenvalue weighted by Gasteiger charge is 2.36. The van der Waals surface area contributed by atoms with E-state index < -0.39 is 0 Å². The number of hydrazone groups is 1. The van der Waals surface area contributed by atoms with E-state index in [0.29, 0.717) is 50.6 Å². The van der Waals surface area contributed by atoms with Crippen LogP contribution in [-0.4, -0.2) is 92.2 Å². The van der Waals surface area contributed by atoms with Crippen LogP contribution in [0.25, 0.3) is 0 Å². The van der Waals surface area contributed by atoms with Gasteiger partial charge in [0, 0.05) is 44.6 Å². The van der Waals surface area contributed by atoms with Gasteiger partial charge in [-0.15, -0.1) is 0 Å². The van der Waals surface area contributed by atoms with Gasteiger partial charge in [0.15, 0.2) is 11.5 Å². The molecule has 220 valence electrons. The molecule has 0 spiro atoms. The minimum absolute atomic E-state index is 0.0325. The number of morpholine rings is 1. The molecule has 41 heavy (non-hydrogen) atoms. The number of amides is 2. The largest absolute Gasteiger partial charge is 0.497 e. The highest BCUT2D eigenvalue weighted by Crippen LogP contribution is 2.39. The first-order chi connectivity index (χ1) is 19.7. The maximum Gasteiger partial charge on any atom is 0.262 e. The molecule has 1 atom stereocenters. The van der Waals surface area contributed by atoms with Gasteiger partial charge < -0.3 is 23.8 Å². The minimum Gasteiger partial charge on any atom is -0.497 e. The second-order valence-corrected chi connectivity index (χ2v) is 11.9. The maximum atomic E-state index is 14.0. The van der Waals surface area contributed by atoms with Crippen molar-refractivity contribution in [3.63, 3.8) is 0 Å². The highest BCUT2D eigenvalue weighted by atomic mass is 16.7. The molecule has 2 aromatic rings. The average molecular weight is 565 g/mol. The number of carbonyl (C=O) groups is 2. The van der Waals surface area contributed by atoms with Crippen LogP contribution < -0.4 is 14.2 Å². The van der Waals surface area contributed by atoms with E-state index in [1.54, 1.807) is 17.0 Å². The Morgan fingerprint density at radius 2 is 1.85 bits per heavy atom. The van der Waals surface area contributed by atoms with E-state index in [2.05, 4.69) is 4.90 Å². The topological polar surface area (TPSA) is 93.1 Å². The van der Waals surface area contributed by atoms with Gasteiger partial charge in [-0.2, -0.15) is 5.10 Å². The molecule has 1 fully saturated rings. The van der Waals surface area contributed by atoms with Crippen LogP contribution in [0, 0.1) is 5.41 Å². The van der Waals surface area contributed by atoms with E-state index in [1.807, 2.05) is 63.2 Å². The smallest absolute Gasteiger partial charge is 0.262 e. The first-order valence-electron chi connectivity index (χ1n) is 14.2. The number of fused-ring (bicyclic) bond motifs is 1. The Kier molecular flexibility index (Phi) is 8.79. The second-order valence-electron chi connectivity index (χ2n) is 11.9. The van der Waals surface area contributed by atoms with Crippen LogP contribution in [0.3, 0.4) is 0 Å². The Morgan fingerprint density at radius 3 is 2.61 bits per heavy atom. The van der Waals surface area contributed by atoms with Crippen LogP contribution in [0.2, 0.25) is 0 Å². The summed E-state index contributed by atoms with van der Waals surface area (Å²) in [6, 6.07) is 13.1. The lowest BCUT2D eigenvalue weighted by molar-refractivity contribution is -0.142. The molecular weight excluding hydrogens is 524 g/mol. The maximum absolute atomic E-state index is 14.0. The Hall–Kier alpha value is -3.63. The van der Waals surface area contributed by atoms with Crippen LogP contribution in [0.1, 0.15) is 50.8 Å². The molecule has 10 nitrogen and oxygen atoms in total. The summed E-state index contributed by atoms with van der Waals surface area (Å²) in [7, 11) is 1.63. The summed E-state index contributed by atoms with van der Waals surface area (Å²) in [6.45, 7) is 10.4. The number of nitrogens with zero attached hydrogens (tertiary/aromatic N) is 4. The molecule has 0 aliphatic carbocycles. The summed E-state index contributed by atoms with van der Waals surface area (Å²) in [5.74, 6) is 1.79. The molecule has 1 saturated heterocycles. The van der Waals surface area contributed by atoms with Crippen molar-refractivity contribution in [3.8, 4) is 17.2 Å². The average Bonchev–Trinajstić information content (AvgIpc) is 3.62. The molecule has 3 aliphatic heterocycles. The Morgan fingerprint density at radius 1 is 1.07 bits per heavy atom. The molecule has 0 saturated carbocycles. The van der Waals surface area contributed by atoms with Crippen molar-refractivity contribution < 1.29 is 28.5 Å². The fourth-order valence-electron chi connectivity index (χ4n) is 5.28. The minimum atomic E-state index is -0.350. The second kappa shape index (κ2) is 12.5. The van der Waals surface area contributed by atoms with Gasteiger partial charge in [0.25, 0.3) is 5.91 Å². The predicted octanol–water partition coefficient (Wildman–Crippen LogP) is 3.70. The van der Waals surface area contributed by atoms with E-state index in [0.717, 1.165) is 35.7 Å². The summed E-state index contributed by atoms with van der Waals surface area (Å²) >= 11 is 0. The van der Waals surface area contributed by atoms with Crippen LogP contribution in [-0.2, 0) is 14.3 Å². The van der Waals surface area contributed by atoms with Gasteiger partial charge in [0.05, 0.1) is 32.1 Å². The van der Waals surface area contributed by atoms with Crippen LogP contribution in [0.15, 0.2) is 47.6 Å². The van der Waals surface area contributed by atoms with Gasteiger partial charge in [-0.1, -0.05) is 39.0 Å². The van der Waals surface area contributed by atoms with Crippen molar-refractivity contribution in [1.29, 1.82) is 0 Å². The van der Waals surface area contributed by atoms with Crippen molar-refractivity contribution >= 4 is 17.5 Å². The monoisotopic (exact) mass is 564 g/mol. The molecule has 5 rings (SSSR count). The van der Waals surface area contributed by atoms with E-state index in [1.165, 1.54) is 0 Å². The fourth-order valence-corrected chi connectivity index (χ4v) is 5.28. The van der Waals surface area contributed by atoms with Crippen molar-refractivity contribution in [2.45, 2.75) is 39.7 Å². The van der Waals surface area contributed by atoms with Gasteiger partial charge in [-0.3, -0.25) is 14.5 Å². The zero-order valence-corrected chi connectivity index (χ0v) is 24.4. The zero-order chi connectivity index (χ0) is 29.0. The molecule has 0 radical (unpaired) electrons. The van der Waals surface area contributed by atoms with Gasteiger partial charge in [-0.25, -0.2) is 5.01 Å². The van der Waals surface area contributed by atoms with E-state index in [-0.39, 0.29) is 36.6 Å². The molecule has 0 bridgehead atoms. The number of methoxy groups -OCH3 is 1. The predicted molar refractivity (Wildman–Crippen MR) is 154 cm³/mol. The van der Waals surface area contributed by atoms with Crippen LogP contribution >= 0.6 is 0 Å². The Labute approximate surface area is 241 Å². The van der Waals surface area contributed by atoms with Gasteiger partial charge in [-0.05, 0) is 35.2 Å². The lowest BCUT2D eigenvalue weighted by Gasteiger charge is -2.32. The lowest BCUT2D eigenvalue weighted by atomic mass is 9.91. The third kappa shape index (κ3) is 7.18. The molecule has 10 heteroatoms. The number of rotatable bonds is 9. The third-order valence-corrected chi connectivity index (χ3v) is 7.50. The van der Waals surface area contributed by atoms with Crippen molar-refractivity contribution in [1.82, 2.24) is 14.8 Å². The number of benzene rings is 2. The number of hydrogen-bond donors (Lipinski definition) is 0. The molecule has 3 heterocycles. The highest BCUT2D eigenvalue weighted by molar-refractivity contribution is 6.03. The van der Waals surface area contributed by atoms with Crippen molar-refractivity contribution in [2.75, 3.05) is 59.8 Å². The van der Waals surface area contributed by atoms with Crippen molar-refractivity contribution in [3.05, 3.63) is 53.6 Å². The number of ether oxygens (including phenoxy) is 4. The molecule has 3 aliphatic rings. The summed E-state index contributed by atoms with van der Waals surface area (Å²) in [5.41, 5.74) is 2.36. The molecule has 0 aromatic heterocycles. The standard InChI is InChI=1S/C31H40N4O6/c1-31(2,3)19-29(36)34(11-10-33-12-14-39-15-13-33)20-30(37)35-26(23-8-9-27-28(17-23)41-21-40-27)18-25(32-35)22-6-5-7-24(16-22)38-4/h5-9,16-17,26H,10-15,18-21H2,1-4H3. The fraction of sp³-hybridized carbons (Fsp3) is 0.516. The SMILES string of the molecule is COc1cccc(C2=NN(C(=O)CN(CCN3CCOCC3)C(=O)CC(C)(C)C)C(c3ccc4c(c3)OCO4)C2)c1. The van der Waals surface area contributed by atoms with Crippen LogP contribution in [0.5, 0.6) is 17.2 Å². The quantitative estimate of drug-likeness (QED) is 0.459. The Balaban J connectivity index is 1.40. The first kappa shape index (κ1) is 28.9. The van der Waals surface area contributed by atoms with Crippen LogP contribution in [0.4, 0.5) is 0 Å². The summed E-state index contributed by atoms with van der Waals surface area (Å²) < 4.78 is 22.0. The number of carbonyl (C=O) groups excluding carboxylic acids is 2. The van der Waals surface area contributed by atoms with E-state index in [9.17, 15) is 9.59 Å². The third-order valence-electron chi connectivity index (χ3n) is 7.50. The van der Waals surface area contributed by atoms with Gasteiger partial charge in [0.2, 0.25) is 12.7 Å². The molecule has 1 unspecified atom stereocenters. The van der Waals surface area contributed by atoms with Gasteiger partial charge >= 0.3 is 0 Å². The normalized spacial score (nSPS) is 18.8. The molecule has 2 amide bonds. The molecule has 0 N–H and O–H groups in total. The summed E-state index contributed by atoms with van der Waals surface area (Å²) in [5, 5.41) is 6.37. The number of hydrogen-bond acceptors (Lipinski definition) is 8.